The number of aliphatic hydroxyl groups is 1. The van der Waals surface area contributed by atoms with E-state index < -0.39 is 5.60 Å². The molecule has 0 aliphatic rings. The van der Waals surface area contributed by atoms with E-state index in [0.717, 1.165) is 10.4 Å². The van der Waals surface area contributed by atoms with Gasteiger partial charge in [-0.05, 0) is 56.3 Å². The Morgan fingerprint density at radius 2 is 2.18 bits per heavy atom. The van der Waals surface area contributed by atoms with Gasteiger partial charge in [0.1, 0.15) is 5.60 Å². The van der Waals surface area contributed by atoms with Crippen molar-refractivity contribution in [1.29, 1.82) is 0 Å². The van der Waals surface area contributed by atoms with E-state index in [0.29, 0.717) is 4.67 Å². The second-order valence-corrected chi connectivity index (χ2v) is 7.15. The largest absolute Gasteiger partial charge is 0.444 e. The van der Waals surface area contributed by atoms with Crippen LogP contribution in [0.5, 0.6) is 0 Å². The predicted molar refractivity (Wildman–Crippen MR) is 90.4 cm³/mol. The van der Waals surface area contributed by atoms with E-state index in [2.05, 4.69) is 21.2 Å². The molecule has 0 saturated carbocycles. The summed E-state index contributed by atoms with van der Waals surface area (Å²) in [5.41, 5.74) is -0.478. The Hall–Kier alpha value is -1.41. The first-order chi connectivity index (χ1) is 10.6. The quantitative estimate of drug-likeness (QED) is 0.687. The van der Waals surface area contributed by atoms with Crippen molar-refractivity contribution in [3.8, 4) is 0 Å². The molecule has 7 heteroatoms. The maximum Gasteiger partial charge on any atom is 0.287 e. The van der Waals surface area contributed by atoms with Crippen LogP contribution in [0.25, 0.3) is 0 Å². The summed E-state index contributed by atoms with van der Waals surface area (Å²) >= 11 is 6.12. The molecule has 0 aromatic carbocycles. The number of rotatable bonds is 5. The van der Waals surface area contributed by atoms with E-state index >= 15 is 0 Å². The summed E-state index contributed by atoms with van der Waals surface area (Å²) < 4.78 is 5.71. The van der Waals surface area contributed by atoms with Crippen molar-refractivity contribution in [2.24, 2.45) is 0 Å². The van der Waals surface area contributed by atoms with E-state index in [1.165, 1.54) is 22.7 Å². The Morgan fingerprint density at radius 3 is 2.77 bits per heavy atom. The second kappa shape index (κ2) is 6.37. The standard InChI is InChI=1S/C15H12BrNO3S2/c16-13-4-3-11(20-13)14(18)17-9-15(19,10-5-7-21-8-10)12-2-1-6-22-12/h1-8,19H,9H2,(H,17,18). The Morgan fingerprint density at radius 1 is 1.32 bits per heavy atom. The fraction of sp³-hybridized carbons (Fsp3) is 0.133. The molecule has 3 rings (SSSR count). The van der Waals surface area contributed by atoms with Gasteiger partial charge in [0.2, 0.25) is 0 Å². The molecule has 1 unspecified atom stereocenters. The highest BCUT2D eigenvalue weighted by Gasteiger charge is 2.34. The first kappa shape index (κ1) is 15.5. The van der Waals surface area contributed by atoms with Crippen LogP contribution in [0, 0.1) is 0 Å². The summed E-state index contributed by atoms with van der Waals surface area (Å²) in [5, 5.41) is 19.5. The molecule has 1 atom stereocenters. The molecular formula is C15H12BrNO3S2. The average Bonchev–Trinajstić information content (AvgIpc) is 3.24. The zero-order valence-electron chi connectivity index (χ0n) is 11.3. The van der Waals surface area contributed by atoms with Crippen molar-refractivity contribution in [3.05, 3.63) is 67.3 Å². The maximum atomic E-state index is 12.1. The van der Waals surface area contributed by atoms with E-state index in [-0.39, 0.29) is 18.2 Å². The van der Waals surface area contributed by atoms with Crippen molar-refractivity contribution in [2.75, 3.05) is 6.54 Å². The van der Waals surface area contributed by atoms with Crippen LogP contribution in [0.2, 0.25) is 0 Å². The number of amides is 1. The number of hydrogen-bond acceptors (Lipinski definition) is 5. The summed E-state index contributed by atoms with van der Waals surface area (Å²) in [4.78, 5) is 12.9. The van der Waals surface area contributed by atoms with E-state index in [9.17, 15) is 9.90 Å². The third kappa shape index (κ3) is 3.03. The molecule has 0 fully saturated rings. The highest BCUT2D eigenvalue weighted by atomic mass is 79.9. The fourth-order valence-corrected chi connectivity index (χ4v) is 3.95. The van der Waals surface area contributed by atoms with E-state index in [4.69, 9.17) is 4.42 Å². The Balaban J connectivity index is 1.81. The van der Waals surface area contributed by atoms with Crippen molar-refractivity contribution in [1.82, 2.24) is 5.32 Å². The molecule has 3 heterocycles. The summed E-state index contributed by atoms with van der Waals surface area (Å²) in [5.74, 6) is -0.165. The van der Waals surface area contributed by atoms with Gasteiger partial charge in [0.05, 0.1) is 6.54 Å². The number of furan rings is 1. The van der Waals surface area contributed by atoms with Crippen LogP contribution < -0.4 is 5.32 Å². The molecule has 3 aromatic heterocycles. The molecule has 0 spiro atoms. The first-order valence-corrected chi connectivity index (χ1v) is 9.04. The number of hydrogen-bond donors (Lipinski definition) is 2. The third-order valence-corrected chi connectivity index (χ3v) is 5.36. The molecule has 114 valence electrons. The highest BCUT2D eigenvalue weighted by Crippen LogP contribution is 2.33. The van der Waals surface area contributed by atoms with Gasteiger partial charge < -0.3 is 14.8 Å². The molecule has 0 bridgehead atoms. The lowest BCUT2D eigenvalue weighted by atomic mass is 9.94. The summed E-state index contributed by atoms with van der Waals surface area (Å²) in [7, 11) is 0. The monoisotopic (exact) mass is 397 g/mol. The van der Waals surface area contributed by atoms with Gasteiger partial charge in [-0.1, -0.05) is 6.07 Å². The Kier molecular flexibility index (Phi) is 4.49. The topological polar surface area (TPSA) is 62.5 Å². The van der Waals surface area contributed by atoms with Crippen molar-refractivity contribution < 1.29 is 14.3 Å². The smallest absolute Gasteiger partial charge is 0.287 e. The number of carbonyl (C=O) groups excluding carboxylic acids is 1. The lowest BCUT2D eigenvalue weighted by molar-refractivity contribution is 0.0705. The molecule has 0 saturated heterocycles. The Bertz CT molecular complexity index is 715. The van der Waals surface area contributed by atoms with E-state index in [1.807, 2.05) is 34.3 Å². The van der Waals surface area contributed by atoms with Crippen LogP contribution in [0.3, 0.4) is 0 Å². The molecule has 0 aliphatic heterocycles. The molecule has 1 amide bonds. The van der Waals surface area contributed by atoms with Crippen molar-refractivity contribution in [2.45, 2.75) is 5.60 Å². The summed E-state index contributed by atoms with van der Waals surface area (Å²) in [6.07, 6.45) is 0. The SMILES string of the molecule is O=C(NCC(O)(c1ccsc1)c1cccs1)c1ccc(Br)o1. The minimum absolute atomic E-state index is 0.0708. The molecule has 0 aliphatic carbocycles. The van der Waals surface area contributed by atoms with Crippen LogP contribution in [0.15, 0.2) is 55.6 Å². The summed E-state index contributed by atoms with van der Waals surface area (Å²) in [6, 6.07) is 8.83. The zero-order chi connectivity index (χ0) is 15.6. The third-order valence-electron chi connectivity index (χ3n) is 3.23. The molecule has 3 aromatic rings. The number of halogens is 1. The first-order valence-electron chi connectivity index (χ1n) is 6.42. The van der Waals surface area contributed by atoms with Gasteiger partial charge >= 0.3 is 0 Å². The van der Waals surface area contributed by atoms with Gasteiger partial charge in [-0.2, -0.15) is 11.3 Å². The highest BCUT2D eigenvalue weighted by molar-refractivity contribution is 9.10. The minimum atomic E-state index is -1.24. The zero-order valence-corrected chi connectivity index (χ0v) is 14.5. The molecule has 0 radical (unpaired) electrons. The lowest BCUT2D eigenvalue weighted by Gasteiger charge is -2.26. The average molecular weight is 398 g/mol. The van der Waals surface area contributed by atoms with Gasteiger partial charge in [0, 0.05) is 10.4 Å². The van der Waals surface area contributed by atoms with Crippen LogP contribution in [-0.4, -0.2) is 17.6 Å². The number of thiophene rings is 2. The lowest BCUT2D eigenvalue weighted by Crippen LogP contribution is -2.40. The van der Waals surface area contributed by atoms with Gasteiger partial charge in [-0.25, -0.2) is 0 Å². The normalized spacial score (nSPS) is 13.7. The van der Waals surface area contributed by atoms with Crippen LogP contribution >= 0.6 is 38.6 Å². The summed E-state index contributed by atoms with van der Waals surface area (Å²) in [6.45, 7) is 0.0708. The van der Waals surface area contributed by atoms with Crippen molar-refractivity contribution >= 4 is 44.5 Å². The molecule has 2 N–H and O–H groups in total. The van der Waals surface area contributed by atoms with Gasteiger partial charge in [0.25, 0.3) is 5.91 Å². The molecule has 4 nitrogen and oxygen atoms in total. The molecular weight excluding hydrogens is 386 g/mol. The maximum absolute atomic E-state index is 12.1. The predicted octanol–water partition coefficient (Wildman–Crippen LogP) is 3.83. The minimum Gasteiger partial charge on any atom is -0.444 e. The van der Waals surface area contributed by atoms with Gasteiger partial charge in [-0.15, -0.1) is 11.3 Å². The van der Waals surface area contributed by atoms with Crippen LogP contribution in [0.1, 0.15) is 21.0 Å². The van der Waals surface area contributed by atoms with Crippen molar-refractivity contribution in [3.63, 3.8) is 0 Å². The second-order valence-electron chi connectivity index (χ2n) is 4.64. The van der Waals surface area contributed by atoms with E-state index in [1.54, 1.807) is 12.1 Å². The van der Waals surface area contributed by atoms with Crippen LogP contribution in [-0.2, 0) is 5.60 Å². The Labute approximate surface area is 143 Å². The fourth-order valence-electron chi connectivity index (χ4n) is 2.08. The van der Waals surface area contributed by atoms with Gasteiger partial charge in [0.15, 0.2) is 10.4 Å². The van der Waals surface area contributed by atoms with Gasteiger partial charge in [-0.3, -0.25) is 4.79 Å². The molecule has 22 heavy (non-hydrogen) atoms. The van der Waals surface area contributed by atoms with Crippen LogP contribution in [0.4, 0.5) is 0 Å². The number of nitrogens with one attached hydrogen (secondary N) is 1. The number of carbonyl (C=O) groups is 1.